The van der Waals surface area contributed by atoms with Crippen LogP contribution in [-0.4, -0.2) is 9.97 Å². The van der Waals surface area contributed by atoms with Crippen LogP contribution in [0.1, 0.15) is 0 Å². The largest absolute Gasteiger partial charge is 0.228 e. The summed E-state index contributed by atoms with van der Waals surface area (Å²) in [7, 11) is 0. The maximum Gasteiger partial charge on any atom is 0.160 e. The number of fused-ring (bicyclic) bond motifs is 3. The Bertz CT molecular complexity index is 2220. The van der Waals surface area contributed by atoms with Crippen LogP contribution in [0.25, 0.3) is 76.3 Å². The molecule has 0 saturated carbocycles. The van der Waals surface area contributed by atoms with E-state index in [0.717, 1.165) is 28.1 Å². The number of hydrogen-bond donors (Lipinski definition) is 0. The Morgan fingerprint density at radius 1 is 0.372 bits per heavy atom. The molecule has 0 spiro atoms. The maximum atomic E-state index is 5.17. The maximum absolute atomic E-state index is 5.17. The van der Waals surface area contributed by atoms with Crippen LogP contribution in [0.4, 0.5) is 0 Å². The molecule has 3 heteroatoms. The molecule has 6 aromatic carbocycles. The van der Waals surface area contributed by atoms with Crippen LogP contribution in [0.2, 0.25) is 0 Å². The Labute approximate surface area is 254 Å². The van der Waals surface area contributed by atoms with Crippen LogP contribution in [0.5, 0.6) is 0 Å². The van der Waals surface area contributed by atoms with Crippen molar-refractivity contribution in [3.05, 3.63) is 158 Å². The van der Waals surface area contributed by atoms with Gasteiger partial charge < -0.3 is 0 Å². The third kappa shape index (κ3) is 4.70. The molecule has 0 bridgehead atoms. The molecular formula is C40H26N2S. The highest BCUT2D eigenvalue weighted by molar-refractivity contribution is 7.25. The number of hydrogen-bond acceptors (Lipinski definition) is 3. The molecule has 0 aliphatic heterocycles. The average Bonchev–Trinajstić information content (AvgIpc) is 3.48. The van der Waals surface area contributed by atoms with Crippen molar-refractivity contribution in [1.29, 1.82) is 0 Å². The topological polar surface area (TPSA) is 25.8 Å². The van der Waals surface area contributed by atoms with Gasteiger partial charge in [-0.15, -0.1) is 11.3 Å². The number of aromatic nitrogens is 2. The van der Waals surface area contributed by atoms with Gasteiger partial charge in [0.15, 0.2) is 5.82 Å². The van der Waals surface area contributed by atoms with Gasteiger partial charge in [0.2, 0.25) is 0 Å². The van der Waals surface area contributed by atoms with Gasteiger partial charge in [-0.05, 0) is 40.5 Å². The first-order valence-electron chi connectivity index (χ1n) is 14.4. The standard InChI is InChI=1S/C40H26N2S/c1-3-12-27(13-4-1)28-22-24-29(25-23-28)35-26-36(42-40(41-35)30-14-5-2-6-15-30)32-17-8-7-16-31(32)33-19-11-21-38-39(33)34-18-9-10-20-37(34)43-38/h1-26H. The molecule has 0 radical (unpaired) electrons. The van der Waals surface area contributed by atoms with E-state index in [1.165, 1.54) is 42.4 Å². The third-order valence-electron chi connectivity index (χ3n) is 7.94. The van der Waals surface area contributed by atoms with E-state index < -0.39 is 0 Å². The average molecular weight is 567 g/mol. The van der Waals surface area contributed by atoms with Gasteiger partial charge in [-0.25, -0.2) is 9.97 Å². The van der Waals surface area contributed by atoms with Gasteiger partial charge in [0.25, 0.3) is 0 Å². The summed E-state index contributed by atoms with van der Waals surface area (Å²) in [5, 5.41) is 2.59. The fourth-order valence-electron chi connectivity index (χ4n) is 5.85. The molecule has 43 heavy (non-hydrogen) atoms. The number of thiophene rings is 1. The Morgan fingerprint density at radius 3 is 1.72 bits per heavy atom. The molecule has 0 unspecified atom stereocenters. The lowest BCUT2D eigenvalue weighted by atomic mass is 9.93. The molecule has 0 atom stereocenters. The van der Waals surface area contributed by atoms with E-state index in [1.807, 2.05) is 35.6 Å². The molecular weight excluding hydrogens is 541 g/mol. The lowest BCUT2D eigenvalue weighted by molar-refractivity contribution is 1.18. The van der Waals surface area contributed by atoms with Crippen LogP contribution < -0.4 is 0 Å². The molecule has 8 rings (SSSR count). The lowest BCUT2D eigenvalue weighted by Crippen LogP contribution is -1.97. The minimum absolute atomic E-state index is 0.717. The first kappa shape index (κ1) is 25.3. The van der Waals surface area contributed by atoms with Gasteiger partial charge >= 0.3 is 0 Å². The van der Waals surface area contributed by atoms with Gasteiger partial charge in [0.05, 0.1) is 11.4 Å². The van der Waals surface area contributed by atoms with Crippen LogP contribution in [0.15, 0.2) is 158 Å². The summed E-state index contributed by atoms with van der Waals surface area (Å²) in [5.41, 5.74) is 9.72. The van der Waals surface area contributed by atoms with E-state index in [9.17, 15) is 0 Å². The van der Waals surface area contributed by atoms with E-state index in [0.29, 0.717) is 5.82 Å². The van der Waals surface area contributed by atoms with Crippen molar-refractivity contribution in [1.82, 2.24) is 9.97 Å². The van der Waals surface area contributed by atoms with Crippen molar-refractivity contribution in [2.45, 2.75) is 0 Å². The first-order chi connectivity index (χ1) is 21.3. The van der Waals surface area contributed by atoms with Crippen molar-refractivity contribution in [3.8, 4) is 56.2 Å². The summed E-state index contributed by atoms with van der Waals surface area (Å²) in [6.07, 6.45) is 0. The smallest absolute Gasteiger partial charge is 0.160 e. The van der Waals surface area contributed by atoms with Crippen LogP contribution in [-0.2, 0) is 0 Å². The monoisotopic (exact) mass is 566 g/mol. The van der Waals surface area contributed by atoms with Crippen molar-refractivity contribution in [3.63, 3.8) is 0 Å². The lowest BCUT2D eigenvalue weighted by Gasteiger charge is -2.14. The summed E-state index contributed by atoms with van der Waals surface area (Å²) in [6.45, 7) is 0. The fraction of sp³-hybridized carbons (Fsp3) is 0. The zero-order chi connectivity index (χ0) is 28.6. The van der Waals surface area contributed by atoms with Gasteiger partial charge in [-0.2, -0.15) is 0 Å². The quantitative estimate of drug-likeness (QED) is 0.207. The summed E-state index contributed by atoms with van der Waals surface area (Å²) in [4.78, 5) is 10.2. The van der Waals surface area contributed by atoms with Crippen LogP contribution >= 0.6 is 11.3 Å². The molecule has 8 aromatic rings. The molecule has 0 amide bonds. The van der Waals surface area contributed by atoms with Gasteiger partial charge in [-0.3, -0.25) is 0 Å². The van der Waals surface area contributed by atoms with Gasteiger partial charge in [0, 0.05) is 36.9 Å². The third-order valence-corrected chi connectivity index (χ3v) is 9.08. The van der Waals surface area contributed by atoms with Crippen molar-refractivity contribution >= 4 is 31.5 Å². The number of nitrogens with zero attached hydrogens (tertiary/aromatic N) is 2. The Morgan fingerprint density at radius 2 is 0.930 bits per heavy atom. The highest BCUT2D eigenvalue weighted by atomic mass is 32.1. The summed E-state index contributed by atoms with van der Waals surface area (Å²) >= 11 is 1.85. The van der Waals surface area contributed by atoms with E-state index >= 15 is 0 Å². The predicted molar refractivity (Wildman–Crippen MR) is 182 cm³/mol. The Hall–Kier alpha value is -5.38. The number of benzene rings is 6. The Kier molecular flexibility index (Phi) is 6.36. The molecule has 2 heterocycles. The molecule has 202 valence electrons. The highest BCUT2D eigenvalue weighted by Gasteiger charge is 2.17. The second kappa shape index (κ2) is 10.8. The fourth-order valence-corrected chi connectivity index (χ4v) is 6.99. The molecule has 0 N–H and O–H groups in total. The summed E-state index contributed by atoms with van der Waals surface area (Å²) < 4.78 is 2.59. The van der Waals surface area contributed by atoms with E-state index in [2.05, 4.69) is 133 Å². The van der Waals surface area contributed by atoms with Crippen molar-refractivity contribution in [2.24, 2.45) is 0 Å². The molecule has 2 nitrogen and oxygen atoms in total. The van der Waals surface area contributed by atoms with Gasteiger partial charge in [-0.1, -0.05) is 140 Å². The zero-order valence-corrected chi connectivity index (χ0v) is 24.1. The van der Waals surface area contributed by atoms with Crippen molar-refractivity contribution in [2.75, 3.05) is 0 Å². The minimum Gasteiger partial charge on any atom is -0.228 e. The number of rotatable bonds is 5. The molecule has 0 fully saturated rings. The Balaban J connectivity index is 1.32. The molecule has 0 aliphatic rings. The molecule has 0 saturated heterocycles. The van der Waals surface area contributed by atoms with E-state index in [4.69, 9.17) is 9.97 Å². The summed E-state index contributed by atoms with van der Waals surface area (Å²) in [6, 6.07) is 55.5. The second-order valence-electron chi connectivity index (χ2n) is 10.6. The summed E-state index contributed by atoms with van der Waals surface area (Å²) in [5.74, 6) is 0.717. The molecule has 2 aromatic heterocycles. The van der Waals surface area contributed by atoms with E-state index in [-0.39, 0.29) is 0 Å². The normalized spacial score (nSPS) is 11.3. The van der Waals surface area contributed by atoms with Crippen LogP contribution in [0.3, 0.4) is 0 Å². The van der Waals surface area contributed by atoms with E-state index in [1.54, 1.807) is 0 Å². The zero-order valence-electron chi connectivity index (χ0n) is 23.3. The minimum atomic E-state index is 0.717. The second-order valence-corrected chi connectivity index (χ2v) is 11.7. The highest BCUT2D eigenvalue weighted by Crippen LogP contribution is 2.43. The molecule has 0 aliphatic carbocycles. The predicted octanol–water partition coefficient (Wildman–Crippen LogP) is 11.2. The van der Waals surface area contributed by atoms with Crippen LogP contribution in [0, 0.1) is 0 Å². The van der Waals surface area contributed by atoms with Gasteiger partial charge in [0.1, 0.15) is 0 Å². The SMILES string of the molecule is c1ccc(-c2ccc(-c3cc(-c4ccccc4-c4cccc5sc6ccccc6c45)nc(-c4ccccc4)n3)cc2)cc1. The first-order valence-corrected chi connectivity index (χ1v) is 15.2. The van der Waals surface area contributed by atoms with Crippen molar-refractivity contribution < 1.29 is 0 Å².